The summed E-state index contributed by atoms with van der Waals surface area (Å²) in [7, 11) is -3.11. The Kier molecular flexibility index (Phi) is 6.30. The molecule has 6 nitrogen and oxygen atoms in total. The lowest BCUT2D eigenvalue weighted by molar-refractivity contribution is -0.143. The van der Waals surface area contributed by atoms with Crippen molar-refractivity contribution in [3.63, 3.8) is 0 Å². The first-order valence-corrected chi connectivity index (χ1v) is 8.09. The number of nitrogen functional groups attached to an aromatic ring is 1. The average molecular weight is 301 g/mol. The minimum Gasteiger partial charge on any atom is -0.493 e. The molecule has 112 valence electrons. The Bertz CT molecular complexity index is 541. The molecule has 20 heavy (non-hydrogen) atoms. The first-order valence-electron chi connectivity index (χ1n) is 6.27. The zero-order valence-corrected chi connectivity index (χ0v) is 12.2. The molecule has 0 saturated heterocycles. The van der Waals surface area contributed by atoms with Crippen LogP contribution >= 0.6 is 0 Å². The maximum atomic E-state index is 11.4. The van der Waals surface area contributed by atoms with Crippen LogP contribution in [0.1, 0.15) is 13.3 Å². The van der Waals surface area contributed by atoms with Crippen LogP contribution in [0.2, 0.25) is 0 Å². The standard InChI is InChI=1S/C13H19NO5S/c1-2-20(16,17)9-8-19-13(15)6-7-18-12-5-3-4-11(14)10-12/h3-5,10H,2,6-9,14H2,1H3. The summed E-state index contributed by atoms with van der Waals surface area (Å²) in [5.74, 6) is -0.0134. The third kappa shape index (κ3) is 6.42. The summed E-state index contributed by atoms with van der Waals surface area (Å²) in [6.45, 7) is 1.59. The van der Waals surface area contributed by atoms with Gasteiger partial charge in [0.25, 0.3) is 0 Å². The van der Waals surface area contributed by atoms with Gasteiger partial charge in [0.2, 0.25) is 0 Å². The Balaban J connectivity index is 2.21. The van der Waals surface area contributed by atoms with Crippen molar-refractivity contribution >= 4 is 21.5 Å². The smallest absolute Gasteiger partial charge is 0.309 e. The largest absolute Gasteiger partial charge is 0.493 e. The number of rotatable bonds is 8. The van der Waals surface area contributed by atoms with Gasteiger partial charge < -0.3 is 15.2 Å². The van der Waals surface area contributed by atoms with E-state index >= 15 is 0 Å². The Morgan fingerprint density at radius 3 is 2.70 bits per heavy atom. The van der Waals surface area contributed by atoms with E-state index in [1.165, 1.54) is 0 Å². The lowest BCUT2D eigenvalue weighted by Crippen LogP contribution is -2.18. The molecular formula is C13H19NO5S. The van der Waals surface area contributed by atoms with Gasteiger partial charge in [-0.15, -0.1) is 0 Å². The van der Waals surface area contributed by atoms with Crippen LogP contribution in [0.5, 0.6) is 5.75 Å². The molecule has 1 rings (SSSR count). The first-order chi connectivity index (χ1) is 9.43. The third-order valence-corrected chi connectivity index (χ3v) is 4.20. The van der Waals surface area contributed by atoms with E-state index in [0.717, 1.165) is 0 Å². The molecule has 0 aliphatic carbocycles. The van der Waals surface area contributed by atoms with Crippen molar-refractivity contribution in [2.75, 3.05) is 30.5 Å². The summed E-state index contributed by atoms with van der Waals surface area (Å²) in [4.78, 5) is 11.4. The zero-order valence-electron chi connectivity index (χ0n) is 11.4. The van der Waals surface area contributed by atoms with Crippen LogP contribution in [0, 0.1) is 0 Å². The molecular weight excluding hydrogens is 282 g/mol. The summed E-state index contributed by atoms with van der Waals surface area (Å²) in [5.41, 5.74) is 6.16. The first kappa shape index (κ1) is 16.3. The summed E-state index contributed by atoms with van der Waals surface area (Å²) < 4.78 is 32.5. The second kappa shape index (κ2) is 7.74. The number of carbonyl (C=O) groups is 1. The number of esters is 1. The fourth-order valence-electron chi connectivity index (χ4n) is 1.36. The molecule has 7 heteroatoms. The number of ether oxygens (including phenoxy) is 2. The van der Waals surface area contributed by atoms with Gasteiger partial charge >= 0.3 is 5.97 Å². The highest BCUT2D eigenvalue weighted by atomic mass is 32.2. The molecule has 1 aromatic carbocycles. The van der Waals surface area contributed by atoms with Gasteiger partial charge in [0.05, 0.1) is 18.8 Å². The third-order valence-electron chi connectivity index (χ3n) is 2.53. The number of sulfone groups is 1. The van der Waals surface area contributed by atoms with Gasteiger partial charge in [-0.3, -0.25) is 4.79 Å². The normalized spacial score (nSPS) is 11.1. The molecule has 1 aromatic rings. The van der Waals surface area contributed by atoms with Crippen LogP contribution in [-0.4, -0.2) is 39.1 Å². The Hall–Kier alpha value is -1.76. The van der Waals surface area contributed by atoms with Crippen LogP contribution in [0.4, 0.5) is 5.69 Å². The monoisotopic (exact) mass is 301 g/mol. The molecule has 2 N–H and O–H groups in total. The van der Waals surface area contributed by atoms with Crippen molar-refractivity contribution in [3.05, 3.63) is 24.3 Å². The molecule has 0 fully saturated rings. The SMILES string of the molecule is CCS(=O)(=O)CCOC(=O)CCOc1cccc(N)c1. The van der Waals surface area contributed by atoms with E-state index in [0.29, 0.717) is 11.4 Å². The van der Waals surface area contributed by atoms with E-state index < -0.39 is 15.8 Å². The Morgan fingerprint density at radius 2 is 2.05 bits per heavy atom. The minimum absolute atomic E-state index is 0.0447. The van der Waals surface area contributed by atoms with E-state index in [4.69, 9.17) is 15.2 Å². The van der Waals surface area contributed by atoms with Crippen molar-refractivity contribution < 1.29 is 22.7 Å². The predicted octanol–water partition coefficient (Wildman–Crippen LogP) is 1.02. The van der Waals surface area contributed by atoms with E-state index in [2.05, 4.69) is 0 Å². The van der Waals surface area contributed by atoms with Gasteiger partial charge in [0.1, 0.15) is 12.4 Å². The molecule has 0 spiro atoms. The van der Waals surface area contributed by atoms with Crippen molar-refractivity contribution in [1.29, 1.82) is 0 Å². The predicted molar refractivity (Wildman–Crippen MR) is 76.3 cm³/mol. The van der Waals surface area contributed by atoms with Crippen molar-refractivity contribution in [3.8, 4) is 5.75 Å². The number of hydrogen-bond donors (Lipinski definition) is 1. The van der Waals surface area contributed by atoms with Crippen LogP contribution in [-0.2, 0) is 19.4 Å². The number of hydrogen-bond acceptors (Lipinski definition) is 6. The van der Waals surface area contributed by atoms with Gasteiger partial charge in [-0.1, -0.05) is 13.0 Å². The topological polar surface area (TPSA) is 95.7 Å². The second-order valence-corrected chi connectivity index (χ2v) is 6.60. The molecule has 0 bridgehead atoms. The Morgan fingerprint density at radius 1 is 1.30 bits per heavy atom. The van der Waals surface area contributed by atoms with Crippen molar-refractivity contribution in [2.45, 2.75) is 13.3 Å². The summed E-state index contributed by atoms with van der Waals surface area (Å²) >= 11 is 0. The Labute approximate surface area is 118 Å². The number of nitrogens with two attached hydrogens (primary N) is 1. The van der Waals surface area contributed by atoms with Crippen LogP contribution in [0.3, 0.4) is 0 Å². The van der Waals surface area contributed by atoms with Crippen LogP contribution in [0.25, 0.3) is 0 Å². The highest BCUT2D eigenvalue weighted by Crippen LogP contribution is 2.14. The van der Waals surface area contributed by atoms with E-state index in [9.17, 15) is 13.2 Å². The van der Waals surface area contributed by atoms with E-state index in [-0.39, 0.29) is 31.1 Å². The van der Waals surface area contributed by atoms with Crippen LogP contribution < -0.4 is 10.5 Å². The van der Waals surface area contributed by atoms with Gasteiger partial charge in [-0.2, -0.15) is 0 Å². The maximum absolute atomic E-state index is 11.4. The summed E-state index contributed by atoms with van der Waals surface area (Å²) in [6, 6.07) is 6.86. The van der Waals surface area contributed by atoms with E-state index in [1.807, 2.05) is 0 Å². The highest BCUT2D eigenvalue weighted by Gasteiger charge is 2.09. The molecule has 0 aliphatic heterocycles. The number of carbonyl (C=O) groups excluding carboxylic acids is 1. The number of anilines is 1. The summed E-state index contributed by atoms with van der Waals surface area (Å²) in [6.07, 6.45) is 0.0565. The molecule has 0 radical (unpaired) electrons. The molecule has 0 amide bonds. The van der Waals surface area contributed by atoms with Crippen LogP contribution in [0.15, 0.2) is 24.3 Å². The maximum Gasteiger partial charge on any atom is 0.309 e. The van der Waals surface area contributed by atoms with Crippen molar-refractivity contribution in [2.24, 2.45) is 0 Å². The lowest BCUT2D eigenvalue weighted by Gasteiger charge is -2.07. The quantitative estimate of drug-likeness (QED) is 0.569. The average Bonchev–Trinajstić information content (AvgIpc) is 2.38. The fourth-order valence-corrected chi connectivity index (χ4v) is 1.98. The molecule has 0 saturated carbocycles. The van der Waals surface area contributed by atoms with Gasteiger partial charge in [0.15, 0.2) is 9.84 Å². The van der Waals surface area contributed by atoms with E-state index in [1.54, 1.807) is 31.2 Å². The fraction of sp³-hybridized carbons (Fsp3) is 0.462. The molecule has 0 unspecified atom stereocenters. The molecule has 0 aromatic heterocycles. The highest BCUT2D eigenvalue weighted by molar-refractivity contribution is 7.91. The molecule has 0 aliphatic rings. The van der Waals surface area contributed by atoms with Gasteiger partial charge in [-0.05, 0) is 12.1 Å². The number of benzene rings is 1. The summed E-state index contributed by atoms with van der Waals surface area (Å²) in [5, 5.41) is 0. The zero-order chi connectivity index (χ0) is 15.0. The molecule has 0 heterocycles. The second-order valence-electron chi connectivity index (χ2n) is 4.13. The minimum atomic E-state index is -3.11. The molecule has 0 atom stereocenters. The van der Waals surface area contributed by atoms with Crippen molar-refractivity contribution in [1.82, 2.24) is 0 Å². The van der Waals surface area contributed by atoms with Gasteiger partial charge in [-0.25, -0.2) is 8.42 Å². The van der Waals surface area contributed by atoms with Gasteiger partial charge in [0, 0.05) is 17.5 Å². The lowest BCUT2D eigenvalue weighted by atomic mass is 10.3.